The summed E-state index contributed by atoms with van der Waals surface area (Å²) >= 11 is 0. The van der Waals surface area contributed by atoms with Crippen LogP contribution < -0.4 is 26.2 Å². The molecule has 3 heterocycles. The van der Waals surface area contributed by atoms with Crippen LogP contribution in [0.3, 0.4) is 0 Å². The van der Waals surface area contributed by atoms with Gasteiger partial charge in [0.15, 0.2) is 0 Å². The van der Waals surface area contributed by atoms with Gasteiger partial charge >= 0.3 is 0 Å². The van der Waals surface area contributed by atoms with E-state index in [-0.39, 0.29) is 6.71 Å². The van der Waals surface area contributed by atoms with Crippen molar-refractivity contribution in [2.75, 3.05) is 9.80 Å². The van der Waals surface area contributed by atoms with Crippen molar-refractivity contribution in [1.29, 1.82) is 0 Å². The molecule has 0 saturated heterocycles. The van der Waals surface area contributed by atoms with Gasteiger partial charge in [0.2, 0.25) is 0 Å². The van der Waals surface area contributed by atoms with E-state index >= 15 is 0 Å². The van der Waals surface area contributed by atoms with Crippen LogP contribution in [0.2, 0.25) is 0 Å². The van der Waals surface area contributed by atoms with Crippen LogP contribution in [0.1, 0.15) is 0 Å². The number of nitrogens with zero attached hydrogens (tertiary/aromatic N) is 3. The molecule has 2 aliphatic heterocycles. The summed E-state index contributed by atoms with van der Waals surface area (Å²) in [6.45, 7) is 0.0256. The number of rotatable bonds is 6. The van der Waals surface area contributed by atoms with E-state index < -0.39 is 0 Å². The van der Waals surface area contributed by atoms with Gasteiger partial charge in [-0.1, -0.05) is 176 Å². The lowest BCUT2D eigenvalue weighted by atomic mass is 9.33. The molecule has 0 spiro atoms. The summed E-state index contributed by atoms with van der Waals surface area (Å²) in [7, 11) is 0. The van der Waals surface area contributed by atoms with Crippen LogP contribution in [-0.4, -0.2) is 11.3 Å². The minimum atomic E-state index is 0.0256. The largest absolute Gasteiger partial charge is 0.311 e. The van der Waals surface area contributed by atoms with Crippen LogP contribution >= 0.6 is 0 Å². The van der Waals surface area contributed by atoms with Crippen molar-refractivity contribution in [1.82, 2.24) is 4.57 Å². The Morgan fingerprint density at radius 2 is 0.750 bits per heavy atom. The average Bonchev–Trinajstić information content (AvgIpc) is 3.72. The topological polar surface area (TPSA) is 11.4 Å². The monoisotopic (exact) mass is 813 g/mol. The Bertz CT molecular complexity index is 3390. The molecule has 0 unspecified atom stereocenters. The van der Waals surface area contributed by atoms with Crippen molar-refractivity contribution < 1.29 is 0 Å². The van der Waals surface area contributed by atoms with Gasteiger partial charge < -0.3 is 14.4 Å². The van der Waals surface area contributed by atoms with E-state index in [1.165, 1.54) is 88.8 Å². The molecule has 4 heteroatoms. The molecule has 64 heavy (non-hydrogen) atoms. The molecule has 298 valence electrons. The average molecular weight is 814 g/mol. The number of hydrogen-bond acceptors (Lipinski definition) is 2. The first-order chi connectivity index (χ1) is 31.8. The number of fused-ring (bicyclic) bond motifs is 7. The smallest absolute Gasteiger partial charge is 0.252 e. The fraction of sp³-hybridized carbons (Fsp3) is 0. The first kappa shape index (κ1) is 36.3. The van der Waals surface area contributed by atoms with Gasteiger partial charge in [-0.3, -0.25) is 0 Å². The molecule has 10 aromatic carbocycles. The van der Waals surface area contributed by atoms with Crippen molar-refractivity contribution in [2.45, 2.75) is 0 Å². The summed E-state index contributed by atoms with van der Waals surface area (Å²) in [4.78, 5) is 5.03. The highest BCUT2D eigenvalue weighted by molar-refractivity contribution is 7.00. The highest BCUT2D eigenvalue weighted by atomic mass is 15.2. The molecular formula is C60H40BN3. The van der Waals surface area contributed by atoms with Crippen molar-refractivity contribution in [3.8, 4) is 39.1 Å². The van der Waals surface area contributed by atoms with E-state index in [0.29, 0.717) is 0 Å². The maximum Gasteiger partial charge on any atom is 0.252 e. The quantitative estimate of drug-likeness (QED) is 0.155. The zero-order valence-corrected chi connectivity index (χ0v) is 35.0. The number of anilines is 6. The maximum atomic E-state index is 2.51. The third-order valence-corrected chi connectivity index (χ3v) is 13.4. The van der Waals surface area contributed by atoms with Crippen LogP contribution in [0.5, 0.6) is 0 Å². The molecule has 1 aromatic heterocycles. The first-order valence-electron chi connectivity index (χ1n) is 22.1. The molecule has 0 N–H and O–H groups in total. The summed E-state index contributed by atoms with van der Waals surface area (Å²) < 4.78 is 2.46. The Hall–Kier alpha value is -8.34. The van der Waals surface area contributed by atoms with E-state index in [1.807, 2.05) is 0 Å². The second-order valence-electron chi connectivity index (χ2n) is 16.9. The Morgan fingerprint density at radius 1 is 0.297 bits per heavy atom. The lowest BCUT2D eigenvalue weighted by Crippen LogP contribution is -2.61. The van der Waals surface area contributed by atoms with Gasteiger partial charge in [0.05, 0.1) is 11.0 Å². The van der Waals surface area contributed by atoms with E-state index in [1.54, 1.807) is 0 Å². The van der Waals surface area contributed by atoms with Crippen LogP contribution in [-0.2, 0) is 0 Å². The summed E-state index contributed by atoms with van der Waals surface area (Å²) in [5.41, 5.74) is 21.6. The zero-order chi connectivity index (χ0) is 42.1. The molecular weight excluding hydrogens is 773 g/mol. The molecule has 3 nitrogen and oxygen atoms in total. The molecule has 0 radical (unpaired) electrons. The summed E-state index contributed by atoms with van der Waals surface area (Å²) in [5.74, 6) is 0. The van der Waals surface area contributed by atoms with Gasteiger partial charge in [0.25, 0.3) is 6.71 Å². The number of benzene rings is 10. The molecule has 0 atom stereocenters. The molecule has 11 aromatic rings. The Labute approximate surface area is 373 Å². The minimum absolute atomic E-state index is 0.0256. The van der Waals surface area contributed by atoms with Gasteiger partial charge in [-0.2, -0.15) is 0 Å². The van der Waals surface area contributed by atoms with Gasteiger partial charge in [-0.15, -0.1) is 0 Å². The predicted octanol–water partition coefficient (Wildman–Crippen LogP) is 13.9. The normalized spacial score (nSPS) is 12.6. The maximum absolute atomic E-state index is 2.51. The molecule has 2 aliphatic rings. The summed E-state index contributed by atoms with van der Waals surface area (Å²) in [5, 5.41) is 2.48. The lowest BCUT2D eigenvalue weighted by Gasteiger charge is -2.44. The fourth-order valence-corrected chi connectivity index (χ4v) is 10.6. The zero-order valence-electron chi connectivity index (χ0n) is 35.0. The molecule has 0 aliphatic carbocycles. The van der Waals surface area contributed by atoms with Gasteiger partial charge in [-0.25, -0.2) is 0 Å². The van der Waals surface area contributed by atoms with E-state index in [4.69, 9.17) is 0 Å². The van der Waals surface area contributed by atoms with Crippen molar-refractivity contribution in [2.24, 2.45) is 0 Å². The second-order valence-corrected chi connectivity index (χ2v) is 16.9. The predicted molar refractivity (Wildman–Crippen MR) is 271 cm³/mol. The third-order valence-electron chi connectivity index (χ3n) is 13.4. The molecule has 0 saturated carbocycles. The Balaban J connectivity index is 1.11. The lowest BCUT2D eigenvalue weighted by molar-refractivity contribution is 1.18. The van der Waals surface area contributed by atoms with Gasteiger partial charge in [0, 0.05) is 56.1 Å². The third kappa shape index (κ3) is 5.63. The highest BCUT2D eigenvalue weighted by Crippen LogP contribution is 2.48. The second kappa shape index (κ2) is 14.6. The SMILES string of the molecule is c1ccc(-c2ccc(N3c4ccccc4B4c5ccccc5N(c5ccc(-c6ccccc6)cc5)c5cc(-c6cccc7c8ccccc8n(-c8ccccc8)c67)cc3c54)cc2)cc1. The van der Waals surface area contributed by atoms with Crippen LogP contribution in [0.15, 0.2) is 243 Å². The fourth-order valence-electron chi connectivity index (χ4n) is 10.6. The summed E-state index contributed by atoms with van der Waals surface area (Å²) in [6, 6.07) is 89.1. The highest BCUT2D eigenvalue weighted by Gasteiger charge is 2.43. The minimum Gasteiger partial charge on any atom is -0.311 e. The van der Waals surface area contributed by atoms with Crippen LogP contribution in [0, 0.1) is 0 Å². The number of para-hydroxylation sites is 5. The standard InChI is InChI=1S/C60H40BN3/c1-4-17-41(18-5-1)43-31-35-47(36-32-43)62-55-29-14-11-26-52(55)61-53-27-12-15-30-56(53)63(48-37-33-44(34-38-48)42-19-6-2-7-20-42)58-40-45(39-57(62)59(58)61)49-24-16-25-51-50-23-10-13-28-54(50)64(60(49)51)46-21-8-3-9-22-46/h1-40H. The molecule has 0 bridgehead atoms. The van der Waals surface area contributed by atoms with Crippen LogP contribution in [0.4, 0.5) is 34.1 Å². The van der Waals surface area contributed by atoms with Crippen LogP contribution in [0.25, 0.3) is 60.9 Å². The van der Waals surface area contributed by atoms with Crippen molar-refractivity contribution in [3.63, 3.8) is 0 Å². The first-order valence-corrected chi connectivity index (χ1v) is 22.1. The van der Waals surface area contributed by atoms with Gasteiger partial charge in [-0.05, 0) is 111 Å². The Morgan fingerprint density at radius 3 is 1.31 bits per heavy atom. The van der Waals surface area contributed by atoms with E-state index in [9.17, 15) is 0 Å². The van der Waals surface area contributed by atoms with Gasteiger partial charge in [0.1, 0.15) is 0 Å². The van der Waals surface area contributed by atoms with Crippen molar-refractivity contribution >= 4 is 79.0 Å². The molecule has 13 rings (SSSR count). The van der Waals surface area contributed by atoms with E-state index in [2.05, 4.69) is 257 Å². The number of hydrogen-bond donors (Lipinski definition) is 0. The summed E-state index contributed by atoms with van der Waals surface area (Å²) in [6.07, 6.45) is 0. The van der Waals surface area contributed by atoms with E-state index in [0.717, 1.165) is 22.6 Å². The van der Waals surface area contributed by atoms with Crippen molar-refractivity contribution in [3.05, 3.63) is 243 Å². The molecule has 0 amide bonds. The number of aromatic nitrogens is 1. The Kier molecular flexibility index (Phi) is 8.32. The molecule has 0 fully saturated rings.